The van der Waals surface area contributed by atoms with E-state index in [0.29, 0.717) is 0 Å². The number of fused-ring (bicyclic) bond motifs is 2. The lowest BCUT2D eigenvalue weighted by Crippen LogP contribution is -2.48. The number of hydrogen-bond acceptors (Lipinski definition) is 3. The van der Waals surface area contributed by atoms with Gasteiger partial charge in [-0.2, -0.15) is 0 Å². The van der Waals surface area contributed by atoms with Crippen LogP contribution in [0.5, 0.6) is 0 Å². The van der Waals surface area contributed by atoms with Gasteiger partial charge in [-0.3, -0.25) is 4.90 Å². The number of piperidine rings is 1. The van der Waals surface area contributed by atoms with Crippen LogP contribution in [0.1, 0.15) is 44.9 Å². The first kappa shape index (κ1) is 12.9. The van der Waals surface area contributed by atoms with Gasteiger partial charge in [-0.15, -0.1) is 0 Å². The second-order valence-electron chi connectivity index (χ2n) is 6.48. The third-order valence-electron chi connectivity index (χ3n) is 5.38. The molecule has 3 rings (SSSR count). The normalized spacial score (nSPS) is 37.5. The smallest absolute Gasteiger partial charge is 0.0114 e. The zero-order valence-corrected chi connectivity index (χ0v) is 11.9. The largest absolute Gasteiger partial charge is 0.317 e. The SMILES string of the molecule is CNC1CC2CCC(C1)N2CCCN1CCCC1. The second-order valence-corrected chi connectivity index (χ2v) is 6.48. The molecule has 2 bridgehead atoms. The van der Waals surface area contributed by atoms with Gasteiger partial charge in [-0.05, 0) is 78.2 Å². The Morgan fingerprint density at radius 1 is 1.00 bits per heavy atom. The molecule has 0 aliphatic carbocycles. The van der Waals surface area contributed by atoms with Crippen molar-refractivity contribution in [3.63, 3.8) is 0 Å². The van der Waals surface area contributed by atoms with E-state index < -0.39 is 0 Å². The minimum Gasteiger partial charge on any atom is -0.317 e. The molecule has 3 heteroatoms. The molecule has 0 aromatic rings. The average Bonchev–Trinajstić information content (AvgIpc) is 2.97. The Morgan fingerprint density at radius 2 is 1.67 bits per heavy atom. The first-order valence-corrected chi connectivity index (χ1v) is 8.02. The monoisotopic (exact) mass is 251 g/mol. The Labute approximate surface area is 112 Å². The van der Waals surface area contributed by atoms with Crippen LogP contribution in [-0.4, -0.2) is 61.2 Å². The van der Waals surface area contributed by atoms with Gasteiger partial charge >= 0.3 is 0 Å². The summed E-state index contributed by atoms with van der Waals surface area (Å²) in [4.78, 5) is 5.49. The maximum atomic E-state index is 3.49. The lowest BCUT2D eigenvalue weighted by molar-refractivity contribution is 0.114. The van der Waals surface area contributed by atoms with E-state index in [1.54, 1.807) is 0 Å². The van der Waals surface area contributed by atoms with Crippen LogP contribution >= 0.6 is 0 Å². The summed E-state index contributed by atoms with van der Waals surface area (Å²) in [6.45, 7) is 5.40. The molecule has 3 aliphatic rings. The number of hydrogen-bond donors (Lipinski definition) is 1. The quantitative estimate of drug-likeness (QED) is 0.802. The highest BCUT2D eigenvalue weighted by Gasteiger charge is 2.39. The fourth-order valence-electron chi connectivity index (χ4n) is 4.36. The molecule has 18 heavy (non-hydrogen) atoms. The summed E-state index contributed by atoms with van der Waals surface area (Å²) in [7, 11) is 2.13. The highest BCUT2D eigenvalue weighted by atomic mass is 15.2. The molecule has 1 N–H and O–H groups in total. The van der Waals surface area contributed by atoms with Gasteiger partial charge in [-0.1, -0.05) is 0 Å². The predicted molar refractivity (Wildman–Crippen MR) is 75.9 cm³/mol. The fraction of sp³-hybridized carbons (Fsp3) is 1.00. The van der Waals surface area contributed by atoms with Gasteiger partial charge in [0.1, 0.15) is 0 Å². The van der Waals surface area contributed by atoms with E-state index in [1.165, 1.54) is 71.1 Å². The minimum atomic E-state index is 0.789. The van der Waals surface area contributed by atoms with Crippen molar-refractivity contribution in [3.05, 3.63) is 0 Å². The summed E-state index contributed by atoms with van der Waals surface area (Å²) < 4.78 is 0. The van der Waals surface area contributed by atoms with E-state index in [1.807, 2.05) is 0 Å². The first-order chi connectivity index (χ1) is 8.86. The minimum absolute atomic E-state index is 0.789. The van der Waals surface area contributed by atoms with Crippen LogP contribution in [0.15, 0.2) is 0 Å². The molecule has 0 spiro atoms. The van der Waals surface area contributed by atoms with Gasteiger partial charge in [-0.25, -0.2) is 0 Å². The molecule has 104 valence electrons. The highest BCUT2D eigenvalue weighted by molar-refractivity contribution is 4.97. The van der Waals surface area contributed by atoms with Crippen LogP contribution in [0.3, 0.4) is 0 Å². The van der Waals surface area contributed by atoms with Crippen molar-refractivity contribution in [1.29, 1.82) is 0 Å². The molecule has 3 heterocycles. The van der Waals surface area contributed by atoms with E-state index in [2.05, 4.69) is 22.2 Å². The number of nitrogens with zero attached hydrogens (tertiary/aromatic N) is 2. The summed E-state index contributed by atoms with van der Waals surface area (Å²) in [6.07, 6.45) is 9.92. The summed E-state index contributed by atoms with van der Waals surface area (Å²) in [5.74, 6) is 0. The Hall–Kier alpha value is -0.120. The van der Waals surface area contributed by atoms with Crippen LogP contribution < -0.4 is 5.32 Å². The van der Waals surface area contributed by atoms with Crippen molar-refractivity contribution in [1.82, 2.24) is 15.1 Å². The fourth-order valence-corrected chi connectivity index (χ4v) is 4.36. The number of rotatable bonds is 5. The Morgan fingerprint density at radius 3 is 2.28 bits per heavy atom. The van der Waals surface area contributed by atoms with E-state index in [4.69, 9.17) is 0 Å². The molecule has 3 nitrogen and oxygen atoms in total. The molecule has 3 saturated heterocycles. The van der Waals surface area contributed by atoms with E-state index in [-0.39, 0.29) is 0 Å². The van der Waals surface area contributed by atoms with Crippen molar-refractivity contribution >= 4 is 0 Å². The standard InChI is InChI=1S/C15H29N3/c1-16-13-11-14-5-6-15(12-13)18(14)10-4-9-17-7-2-3-8-17/h13-16H,2-12H2,1H3. The van der Waals surface area contributed by atoms with Crippen LogP contribution in [0, 0.1) is 0 Å². The highest BCUT2D eigenvalue weighted by Crippen LogP contribution is 2.35. The molecule has 3 fully saturated rings. The van der Waals surface area contributed by atoms with Crippen molar-refractivity contribution in [2.45, 2.75) is 63.1 Å². The van der Waals surface area contributed by atoms with Gasteiger partial charge in [0, 0.05) is 18.1 Å². The molecule has 2 unspecified atom stereocenters. The maximum Gasteiger partial charge on any atom is 0.0114 e. The second kappa shape index (κ2) is 5.89. The Balaban J connectivity index is 1.43. The number of likely N-dealkylation sites (tertiary alicyclic amines) is 1. The average molecular weight is 251 g/mol. The molecule has 0 aromatic carbocycles. The lowest BCUT2D eigenvalue weighted by Gasteiger charge is -2.39. The summed E-state index contributed by atoms with van der Waals surface area (Å²) >= 11 is 0. The summed E-state index contributed by atoms with van der Waals surface area (Å²) in [6, 6.07) is 2.57. The summed E-state index contributed by atoms with van der Waals surface area (Å²) in [5.41, 5.74) is 0. The summed E-state index contributed by atoms with van der Waals surface area (Å²) in [5, 5.41) is 3.49. The molecule has 0 amide bonds. The molecular formula is C15H29N3. The van der Waals surface area contributed by atoms with E-state index in [9.17, 15) is 0 Å². The third-order valence-corrected chi connectivity index (χ3v) is 5.38. The topological polar surface area (TPSA) is 18.5 Å². The van der Waals surface area contributed by atoms with Crippen LogP contribution in [0.2, 0.25) is 0 Å². The number of nitrogens with one attached hydrogen (secondary N) is 1. The lowest BCUT2D eigenvalue weighted by atomic mass is 9.97. The molecule has 2 atom stereocenters. The van der Waals surface area contributed by atoms with E-state index in [0.717, 1.165) is 18.1 Å². The third kappa shape index (κ3) is 2.73. The Bertz CT molecular complexity index is 248. The van der Waals surface area contributed by atoms with Crippen molar-refractivity contribution in [3.8, 4) is 0 Å². The first-order valence-electron chi connectivity index (χ1n) is 8.02. The molecular weight excluding hydrogens is 222 g/mol. The zero-order valence-electron chi connectivity index (χ0n) is 11.9. The molecule has 0 aromatic heterocycles. The molecule has 0 saturated carbocycles. The van der Waals surface area contributed by atoms with Gasteiger partial charge in [0.2, 0.25) is 0 Å². The van der Waals surface area contributed by atoms with Crippen LogP contribution in [0.4, 0.5) is 0 Å². The van der Waals surface area contributed by atoms with Gasteiger partial charge < -0.3 is 10.2 Å². The van der Waals surface area contributed by atoms with Crippen molar-refractivity contribution in [2.24, 2.45) is 0 Å². The maximum absolute atomic E-state index is 3.49. The predicted octanol–water partition coefficient (Wildman–Crippen LogP) is 1.69. The van der Waals surface area contributed by atoms with E-state index >= 15 is 0 Å². The van der Waals surface area contributed by atoms with Crippen LogP contribution in [0.25, 0.3) is 0 Å². The Kier molecular flexibility index (Phi) is 4.22. The van der Waals surface area contributed by atoms with Crippen LogP contribution in [-0.2, 0) is 0 Å². The molecule has 3 aliphatic heterocycles. The van der Waals surface area contributed by atoms with Crippen molar-refractivity contribution in [2.75, 3.05) is 33.2 Å². The van der Waals surface area contributed by atoms with Gasteiger partial charge in [0.15, 0.2) is 0 Å². The van der Waals surface area contributed by atoms with Crippen molar-refractivity contribution < 1.29 is 0 Å². The zero-order chi connectivity index (χ0) is 12.4. The van der Waals surface area contributed by atoms with Gasteiger partial charge in [0.05, 0.1) is 0 Å². The van der Waals surface area contributed by atoms with Gasteiger partial charge in [0.25, 0.3) is 0 Å². The molecule has 0 radical (unpaired) electrons.